The first-order valence-corrected chi connectivity index (χ1v) is 7.35. The molecule has 0 fully saturated rings. The number of hydrogen-bond donors (Lipinski definition) is 0. The second kappa shape index (κ2) is 11.7. The molecule has 0 aliphatic heterocycles. The van der Waals surface area contributed by atoms with Gasteiger partial charge in [-0.05, 0) is 38.5 Å². The third-order valence-electron chi connectivity index (χ3n) is 2.35. The number of halogens is 2. The second-order valence-electron chi connectivity index (χ2n) is 3.94. The number of carbonyl (C=O) groups excluding carboxylic acids is 2. The first kappa shape index (κ1) is 20.1. The molecule has 0 aliphatic rings. The maximum Gasteiger partial charge on any atom is 0.199 e. The van der Waals surface area contributed by atoms with Gasteiger partial charge in [0, 0.05) is 29.7 Å². The molecule has 0 unspecified atom stereocenters. The van der Waals surface area contributed by atoms with Gasteiger partial charge in [-0.2, -0.15) is 0 Å². The minimum Gasteiger partial charge on any atom is -0.353 e. The van der Waals surface area contributed by atoms with Crippen molar-refractivity contribution >= 4 is 35.3 Å². The highest BCUT2D eigenvalue weighted by molar-refractivity contribution is 6.37. The number of Topliss-reactive ketones (excluding diaryl/α,β-unsaturated/α-hetero) is 1. The number of aldehydes is 1. The van der Waals surface area contributed by atoms with Gasteiger partial charge in [-0.25, -0.2) is 0 Å². The minimum absolute atomic E-state index is 0.0370. The zero-order valence-corrected chi connectivity index (χ0v) is 13.9. The van der Waals surface area contributed by atoms with Crippen molar-refractivity contribution in [2.75, 3.05) is 13.2 Å². The smallest absolute Gasteiger partial charge is 0.199 e. The summed E-state index contributed by atoms with van der Waals surface area (Å²) in [6, 6.07) is 4.93. The van der Waals surface area contributed by atoms with E-state index in [9.17, 15) is 9.59 Å². The van der Waals surface area contributed by atoms with Gasteiger partial charge >= 0.3 is 0 Å². The molecule has 0 atom stereocenters. The normalized spacial score (nSPS) is 10.0. The Morgan fingerprint density at radius 2 is 1.67 bits per heavy atom. The van der Waals surface area contributed by atoms with Crippen LogP contribution in [0, 0.1) is 0 Å². The standard InChI is InChI=1S/C9H6Cl2O2.C6H14O2/c10-8-2-1-3-9(11)7(8)4-6(13)5-12;1-4-7-6(3)8-5-2/h1-3,5H,4H2;6H,4-5H2,1-3H3. The summed E-state index contributed by atoms with van der Waals surface area (Å²) in [6.45, 7) is 7.25. The van der Waals surface area contributed by atoms with Crippen LogP contribution in [0.1, 0.15) is 26.3 Å². The van der Waals surface area contributed by atoms with Crippen LogP contribution in [0.2, 0.25) is 10.0 Å². The van der Waals surface area contributed by atoms with Crippen LogP contribution in [0.5, 0.6) is 0 Å². The molecule has 0 saturated heterocycles. The van der Waals surface area contributed by atoms with Crippen LogP contribution in [-0.2, 0) is 25.5 Å². The molecule has 4 nitrogen and oxygen atoms in total. The SMILES string of the molecule is CCOC(C)OCC.O=CC(=O)Cc1c(Cl)cccc1Cl. The number of rotatable bonds is 7. The Kier molecular flexibility index (Phi) is 11.2. The third kappa shape index (κ3) is 8.83. The van der Waals surface area contributed by atoms with Crippen molar-refractivity contribution in [3.63, 3.8) is 0 Å². The Morgan fingerprint density at radius 3 is 2.05 bits per heavy atom. The Labute approximate surface area is 135 Å². The fraction of sp³-hybridized carbons (Fsp3) is 0.467. The maximum absolute atomic E-state index is 10.8. The molecule has 1 aromatic carbocycles. The second-order valence-corrected chi connectivity index (χ2v) is 4.75. The first-order chi connectivity index (χ1) is 9.96. The minimum atomic E-state index is -0.532. The van der Waals surface area contributed by atoms with Gasteiger partial charge in [-0.3, -0.25) is 9.59 Å². The van der Waals surface area contributed by atoms with Crippen molar-refractivity contribution in [2.24, 2.45) is 0 Å². The zero-order valence-electron chi connectivity index (χ0n) is 12.4. The Balaban J connectivity index is 0.000000433. The van der Waals surface area contributed by atoms with Gasteiger partial charge in [-0.1, -0.05) is 29.3 Å². The Hall–Kier alpha value is -0.940. The summed E-state index contributed by atoms with van der Waals surface area (Å²) in [5.41, 5.74) is 0.503. The van der Waals surface area contributed by atoms with Crippen molar-refractivity contribution in [1.29, 1.82) is 0 Å². The largest absolute Gasteiger partial charge is 0.353 e. The molecule has 0 bridgehead atoms. The quantitative estimate of drug-likeness (QED) is 0.433. The fourth-order valence-electron chi connectivity index (χ4n) is 1.43. The van der Waals surface area contributed by atoms with E-state index in [1.54, 1.807) is 18.2 Å². The van der Waals surface area contributed by atoms with Gasteiger partial charge in [0.05, 0.1) is 0 Å². The fourth-order valence-corrected chi connectivity index (χ4v) is 1.97. The van der Waals surface area contributed by atoms with E-state index < -0.39 is 5.78 Å². The number of hydrogen-bond acceptors (Lipinski definition) is 4. The molecular formula is C15H20Cl2O4. The monoisotopic (exact) mass is 334 g/mol. The average molecular weight is 335 g/mol. The Bertz CT molecular complexity index is 423. The predicted octanol–water partition coefficient (Wildman–Crippen LogP) is 3.71. The van der Waals surface area contributed by atoms with Crippen LogP contribution in [0.15, 0.2) is 18.2 Å². The zero-order chi connectivity index (χ0) is 16.3. The van der Waals surface area contributed by atoms with Crippen LogP contribution in [0.4, 0.5) is 0 Å². The summed E-state index contributed by atoms with van der Waals surface area (Å²) >= 11 is 11.6. The van der Waals surface area contributed by atoms with Gasteiger partial charge in [0.15, 0.2) is 18.4 Å². The van der Waals surface area contributed by atoms with E-state index in [0.717, 1.165) is 13.2 Å². The van der Waals surface area contributed by atoms with Gasteiger partial charge in [0.25, 0.3) is 0 Å². The molecule has 0 radical (unpaired) electrons. The molecule has 0 aromatic heterocycles. The molecule has 0 amide bonds. The van der Waals surface area contributed by atoms with Crippen molar-refractivity contribution in [3.05, 3.63) is 33.8 Å². The average Bonchev–Trinajstić information content (AvgIpc) is 2.44. The van der Waals surface area contributed by atoms with E-state index in [1.165, 1.54) is 0 Å². The highest BCUT2D eigenvalue weighted by Gasteiger charge is 2.09. The Morgan fingerprint density at radius 1 is 1.19 bits per heavy atom. The van der Waals surface area contributed by atoms with Gasteiger partial charge in [0.1, 0.15) is 0 Å². The summed E-state index contributed by atoms with van der Waals surface area (Å²) < 4.78 is 10.1. The van der Waals surface area contributed by atoms with Crippen LogP contribution in [0.25, 0.3) is 0 Å². The summed E-state index contributed by atoms with van der Waals surface area (Å²) in [4.78, 5) is 20.9. The van der Waals surface area contributed by atoms with Gasteiger partial charge in [-0.15, -0.1) is 0 Å². The number of ether oxygens (including phenoxy) is 2. The molecule has 0 spiro atoms. The summed E-state index contributed by atoms with van der Waals surface area (Å²) in [7, 11) is 0. The molecule has 1 aromatic rings. The molecule has 21 heavy (non-hydrogen) atoms. The van der Waals surface area contributed by atoms with E-state index in [4.69, 9.17) is 32.7 Å². The molecular weight excluding hydrogens is 315 g/mol. The maximum atomic E-state index is 10.8. The summed E-state index contributed by atoms with van der Waals surface area (Å²) in [5, 5.41) is 0.811. The number of benzene rings is 1. The van der Waals surface area contributed by atoms with Crippen molar-refractivity contribution in [1.82, 2.24) is 0 Å². The number of carbonyl (C=O) groups is 2. The van der Waals surface area contributed by atoms with E-state index >= 15 is 0 Å². The van der Waals surface area contributed by atoms with Crippen LogP contribution < -0.4 is 0 Å². The first-order valence-electron chi connectivity index (χ1n) is 6.60. The predicted molar refractivity (Wildman–Crippen MR) is 84.0 cm³/mol. The molecule has 0 N–H and O–H groups in total. The van der Waals surface area contributed by atoms with Crippen molar-refractivity contribution < 1.29 is 19.1 Å². The highest BCUT2D eigenvalue weighted by atomic mass is 35.5. The molecule has 0 saturated carbocycles. The van der Waals surface area contributed by atoms with Gasteiger partial charge in [0.2, 0.25) is 0 Å². The molecule has 1 rings (SSSR count). The molecule has 6 heteroatoms. The lowest BCUT2D eigenvalue weighted by Gasteiger charge is -2.09. The van der Waals surface area contributed by atoms with Crippen LogP contribution in [-0.4, -0.2) is 31.6 Å². The molecule has 0 heterocycles. The van der Waals surface area contributed by atoms with E-state index in [2.05, 4.69) is 0 Å². The van der Waals surface area contributed by atoms with Crippen molar-refractivity contribution in [2.45, 2.75) is 33.5 Å². The molecule has 118 valence electrons. The summed E-state index contributed by atoms with van der Waals surface area (Å²) in [5.74, 6) is -0.532. The van der Waals surface area contributed by atoms with Crippen LogP contribution in [0.3, 0.4) is 0 Å². The lowest BCUT2D eigenvalue weighted by atomic mass is 10.1. The topological polar surface area (TPSA) is 52.6 Å². The lowest BCUT2D eigenvalue weighted by molar-refractivity contribution is -0.129. The van der Waals surface area contributed by atoms with E-state index in [-0.39, 0.29) is 19.0 Å². The third-order valence-corrected chi connectivity index (χ3v) is 3.06. The molecule has 0 aliphatic carbocycles. The van der Waals surface area contributed by atoms with Gasteiger partial charge < -0.3 is 9.47 Å². The van der Waals surface area contributed by atoms with E-state index in [0.29, 0.717) is 15.6 Å². The van der Waals surface area contributed by atoms with Crippen molar-refractivity contribution in [3.8, 4) is 0 Å². The van der Waals surface area contributed by atoms with E-state index in [1.807, 2.05) is 20.8 Å². The highest BCUT2D eigenvalue weighted by Crippen LogP contribution is 2.24. The van der Waals surface area contributed by atoms with Crippen LogP contribution >= 0.6 is 23.2 Å². The number of ketones is 1. The lowest BCUT2D eigenvalue weighted by Crippen LogP contribution is -2.11. The summed E-state index contributed by atoms with van der Waals surface area (Å²) in [6.07, 6.45) is 0.187.